The summed E-state index contributed by atoms with van der Waals surface area (Å²) in [6.45, 7) is 8.57. The van der Waals surface area contributed by atoms with E-state index in [4.69, 9.17) is 4.74 Å². The first-order valence-corrected chi connectivity index (χ1v) is 7.19. The van der Waals surface area contributed by atoms with Gasteiger partial charge in [0.2, 0.25) is 5.91 Å². The van der Waals surface area contributed by atoms with Crippen molar-refractivity contribution in [3.05, 3.63) is 0 Å². The van der Waals surface area contributed by atoms with Gasteiger partial charge < -0.3 is 15.0 Å². The third-order valence-corrected chi connectivity index (χ3v) is 3.77. The molecule has 4 heteroatoms. The minimum atomic E-state index is -0.0131. The monoisotopic (exact) mass is 256 g/mol. The third-order valence-electron chi connectivity index (χ3n) is 3.77. The summed E-state index contributed by atoms with van der Waals surface area (Å²) >= 11 is 0. The quantitative estimate of drug-likeness (QED) is 0.753. The fourth-order valence-corrected chi connectivity index (χ4v) is 2.42. The molecule has 3 atom stereocenters. The van der Waals surface area contributed by atoms with E-state index < -0.39 is 0 Å². The smallest absolute Gasteiger partial charge is 0.229 e. The minimum Gasteiger partial charge on any atom is -0.379 e. The first-order valence-electron chi connectivity index (χ1n) is 7.19. The Balaban J connectivity index is 2.53. The lowest BCUT2D eigenvalue weighted by molar-refractivity contribution is -0.136. The molecule has 0 aromatic heterocycles. The SMILES string of the molecule is CCCNC1COCC1C(=O)N(C)C(C)CCC. The van der Waals surface area contributed by atoms with Crippen molar-refractivity contribution < 1.29 is 9.53 Å². The van der Waals surface area contributed by atoms with Gasteiger partial charge in [-0.25, -0.2) is 0 Å². The molecule has 0 spiro atoms. The molecule has 0 aromatic rings. The van der Waals surface area contributed by atoms with Crippen LogP contribution in [0, 0.1) is 5.92 Å². The molecule has 1 fully saturated rings. The Bertz CT molecular complexity index is 258. The molecule has 1 aliphatic rings. The molecule has 18 heavy (non-hydrogen) atoms. The van der Waals surface area contributed by atoms with Gasteiger partial charge in [0.05, 0.1) is 19.1 Å². The van der Waals surface area contributed by atoms with Crippen LogP contribution in [0.4, 0.5) is 0 Å². The minimum absolute atomic E-state index is 0.0131. The van der Waals surface area contributed by atoms with Gasteiger partial charge in [-0.1, -0.05) is 20.3 Å². The summed E-state index contributed by atoms with van der Waals surface area (Å²) in [5.74, 6) is 0.211. The van der Waals surface area contributed by atoms with E-state index in [0.29, 0.717) is 19.3 Å². The van der Waals surface area contributed by atoms with Crippen LogP contribution in [0.1, 0.15) is 40.0 Å². The van der Waals surface area contributed by atoms with E-state index in [1.165, 1.54) is 0 Å². The lowest BCUT2D eigenvalue weighted by Gasteiger charge is -2.29. The molecule has 1 saturated heterocycles. The average Bonchev–Trinajstić information content (AvgIpc) is 2.83. The first kappa shape index (κ1) is 15.4. The third kappa shape index (κ3) is 3.95. The molecule has 4 nitrogen and oxygen atoms in total. The Labute approximate surface area is 111 Å². The number of ether oxygens (including phenoxy) is 1. The Morgan fingerprint density at radius 2 is 2.11 bits per heavy atom. The Hall–Kier alpha value is -0.610. The van der Waals surface area contributed by atoms with Crippen molar-refractivity contribution >= 4 is 5.91 Å². The zero-order valence-corrected chi connectivity index (χ0v) is 12.2. The van der Waals surface area contributed by atoms with Gasteiger partial charge in [0.15, 0.2) is 0 Å². The van der Waals surface area contributed by atoms with Gasteiger partial charge in [-0.2, -0.15) is 0 Å². The van der Waals surface area contributed by atoms with E-state index in [0.717, 1.165) is 25.8 Å². The molecule has 1 rings (SSSR count). The van der Waals surface area contributed by atoms with Gasteiger partial charge in [0.25, 0.3) is 0 Å². The van der Waals surface area contributed by atoms with Gasteiger partial charge in [0, 0.05) is 19.1 Å². The van der Waals surface area contributed by atoms with Crippen LogP contribution in [0.3, 0.4) is 0 Å². The molecule has 1 aliphatic heterocycles. The van der Waals surface area contributed by atoms with Crippen molar-refractivity contribution in [3.63, 3.8) is 0 Å². The highest BCUT2D eigenvalue weighted by atomic mass is 16.5. The zero-order chi connectivity index (χ0) is 13.5. The Morgan fingerprint density at radius 3 is 2.72 bits per heavy atom. The summed E-state index contributed by atoms with van der Waals surface area (Å²) in [5.41, 5.74) is 0. The molecule has 0 aromatic carbocycles. The van der Waals surface area contributed by atoms with Crippen LogP contribution >= 0.6 is 0 Å². The lowest BCUT2D eigenvalue weighted by Crippen LogP contribution is -2.47. The van der Waals surface area contributed by atoms with Gasteiger partial charge in [-0.05, 0) is 26.3 Å². The molecule has 3 unspecified atom stereocenters. The highest BCUT2D eigenvalue weighted by Gasteiger charge is 2.36. The fourth-order valence-electron chi connectivity index (χ4n) is 2.42. The lowest BCUT2D eigenvalue weighted by atomic mass is 10.0. The van der Waals surface area contributed by atoms with E-state index in [1.807, 2.05) is 11.9 Å². The van der Waals surface area contributed by atoms with Crippen LogP contribution < -0.4 is 5.32 Å². The van der Waals surface area contributed by atoms with E-state index in [2.05, 4.69) is 26.1 Å². The van der Waals surface area contributed by atoms with Gasteiger partial charge in [0.1, 0.15) is 0 Å². The number of carbonyl (C=O) groups is 1. The number of hydrogen-bond donors (Lipinski definition) is 1. The predicted molar refractivity (Wildman–Crippen MR) is 73.5 cm³/mol. The van der Waals surface area contributed by atoms with Crippen molar-refractivity contribution in [2.24, 2.45) is 5.92 Å². The molecular weight excluding hydrogens is 228 g/mol. The van der Waals surface area contributed by atoms with Gasteiger partial charge in [-0.3, -0.25) is 4.79 Å². The summed E-state index contributed by atoms with van der Waals surface area (Å²) in [6, 6.07) is 0.503. The molecule has 106 valence electrons. The summed E-state index contributed by atoms with van der Waals surface area (Å²) in [4.78, 5) is 14.3. The predicted octanol–water partition coefficient (Wildman–Crippen LogP) is 1.65. The second-order valence-corrected chi connectivity index (χ2v) is 5.29. The standard InChI is InChI=1S/C14H28N2O2/c1-5-7-11(3)16(4)14(17)12-9-18-10-13(12)15-8-6-2/h11-13,15H,5-10H2,1-4H3. The van der Waals surface area contributed by atoms with Crippen molar-refractivity contribution in [1.82, 2.24) is 10.2 Å². The normalized spacial score (nSPS) is 25.1. The number of amides is 1. The molecular formula is C14H28N2O2. The molecule has 1 N–H and O–H groups in total. The summed E-state index contributed by atoms with van der Waals surface area (Å²) in [5, 5.41) is 3.42. The average molecular weight is 256 g/mol. The summed E-state index contributed by atoms with van der Waals surface area (Å²) in [6.07, 6.45) is 3.25. The topological polar surface area (TPSA) is 41.6 Å². The van der Waals surface area contributed by atoms with Crippen LogP contribution in [0.5, 0.6) is 0 Å². The van der Waals surface area contributed by atoms with Gasteiger partial charge >= 0.3 is 0 Å². The largest absolute Gasteiger partial charge is 0.379 e. The second-order valence-electron chi connectivity index (χ2n) is 5.29. The van der Waals surface area contributed by atoms with Crippen LogP contribution in [0.2, 0.25) is 0 Å². The van der Waals surface area contributed by atoms with Crippen LogP contribution in [-0.4, -0.2) is 49.7 Å². The molecule has 0 bridgehead atoms. The second kappa shape index (κ2) is 7.74. The van der Waals surface area contributed by atoms with Crippen molar-refractivity contribution in [3.8, 4) is 0 Å². The maximum Gasteiger partial charge on any atom is 0.229 e. The van der Waals surface area contributed by atoms with Crippen molar-refractivity contribution in [2.45, 2.75) is 52.1 Å². The maximum atomic E-state index is 12.4. The van der Waals surface area contributed by atoms with Crippen LogP contribution in [-0.2, 0) is 9.53 Å². The first-order chi connectivity index (χ1) is 8.61. The van der Waals surface area contributed by atoms with E-state index in [-0.39, 0.29) is 17.9 Å². The van der Waals surface area contributed by atoms with E-state index in [1.54, 1.807) is 0 Å². The number of hydrogen-bond acceptors (Lipinski definition) is 3. The molecule has 0 saturated carbocycles. The molecule has 0 aliphatic carbocycles. The van der Waals surface area contributed by atoms with E-state index >= 15 is 0 Å². The highest BCUT2D eigenvalue weighted by Crippen LogP contribution is 2.18. The highest BCUT2D eigenvalue weighted by molar-refractivity contribution is 5.80. The summed E-state index contributed by atoms with van der Waals surface area (Å²) < 4.78 is 5.47. The van der Waals surface area contributed by atoms with Gasteiger partial charge in [-0.15, -0.1) is 0 Å². The fraction of sp³-hybridized carbons (Fsp3) is 0.929. The zero-order valence-electron chi connectivity index (χ0n) is 12.2. The number of carbonyl (C=O) groups excluding carboxylic acids is 1. The summed E-state index contributed by atoms with van der Waals surface area (Å²) in [7, 11) is 1.91. The number of rotatable bonds is 7. The van der Waals surface area contributed by atoms with E-state index in [9.17, 15) is 4.79 Å². The number of nitrogens with zero attached hydrogens (tertiary/aromatic N) is 1. The van der Waals surface area contributed by atoms with Crippen molar-refractivity contribution in [1.29, 1.82) is 0 Å². The Morgan fingerprint density at radius 1 is 1.39 bits per heavy atom. The Kier molecular flexibility index (Phi) is 6.65. The molecule has 1 heterocycles. The maximum absolute atomic E-state index is 12.4. The van der Waals surface area contributed by atoms with Crippen LogP contribution in [0.15, 0.2) is 0 Å². The molecule has 1 amide bonds. The molecule has 0 radical (unpaired) electrons. The number of nitrogens with one attached hydrogen (secondary N) is 1. The van der Waals surface area contributed by atoms with Crippen LogP contribution in [0.25, 0.3) is 0 Å². The van der Waals surface area contributed by atoms with Crippen molar-refractivity contribution in [2.75, 3.05) is 26.8 Å².